The summed E-state index contributed by atoms with van der Waals surface area (Å²) < 4.78 is 52.3. The molecule has 1 aliphatic rings. The third kappa shape index (κ3) is 3.91. The molecule has 0 radical (unpaired) electrons. The van der Waals surface area contributed by atoms with Gasteiger partial charge >= 0.3 is 6.18 Å². The Morgan fingerprint density at radius 2 is 2.20 bits per heavy atom. The molecule has 25 heavy (non-hydrogen) atoms. The molecule has 1 aliphatic heterocycles. The number of rotatable bonds is 3. The zero-order chi connectivity index (χ0) is 18.2. The number of carbonyl (C=O) groups excluding carboxylic acids is 1. The normalized spacial score (nSPS) is 21.5. The molecule has 7 nitrogen and oxygen atoms in total. The number of aryl methyl sites for hydroxylation is 1. The lowest BCUT2D eigenvalue weighted by molar-refractivity contribution is -0.142. The van der Waals surface area contributed by atoms with E-state index in [1.165, 1.54) is 4.90 Å². The van der Waals surface area contributed by atoms with Crippen molar-refractivity contribution in [2.24, 2.45) is 7.05 Å². The van der Waals surface area contributed by atoms with E-state index >= 15 is 0 Å². The molecule has 0 aliphatic carbocycles. The lowest BCUT2D eigenvalue weighted by Crippen LogP contribution is -2.45. The highest BCUT2D eigenvalue weighted by atomic mass is 32.2. The number of amides is 1. The van der Waals surface area contributed by atoms with Crippen LogP contribution in [0.1, 0.15) is 17.3 Å². The van der Waals surface area contributed by atoms with Crippen molar-refractivity contribution >= 4 is 16.7 Å². The van der Waals surface area contributed by atoms with E-state index < -0.39 is 28.7 Å². The van der Waals surface area contributed by atoms with Gasteiger partial charge in [-0.2, -0.15) is 23.4 Å². The Bertz CT molecular complexity index is 800. The van der Waals surface area contributed by atoms with E-state index in [-0.39, 0.29) is 24.7 Å². The smallest absolute Gasteiger partial charge is 0.332 e. The summed E-state index contributed by atoms with van der Waals surface area (Å²) in [5, 5.41) is 7.46. The van der Waals surface area contributed by atoms with Crippen molar-refractivity contribution in [1.82, 2.24) is 24.5 Å². The zero-order valence-corrected chi connectivity index (χ0v) is 14.1. The highest BCUT2D eigenvalue weighted by Crippen LogP contribution is 2.28. The predicted octanol–water partition coefficient (Wildman–Crippen LogP) is 0.968. The molecule has 0 N–H and O–H groups in total. The van der Waals surface area contributed by atoms with Crippen LogP contribution < -0.4 is 0 Å². The van der Waals surface area contributed by atoms with Gasteiger partial charge in [-0.15, -0.1) is 0 Å². The van der Waals surface area contributed by atoms with Crippen LogP contribution in [0.15, 0.2) is 24.7 Å². The third-order valence-corrected chi connectivity index (χ3v) is 5.26. The minimum absolute atomic E-state index is 0.276. The predicted molar refractivity (Wildman–Crippen MR) is 82.8 cm³/mol. The largest absolute Gasteiger partial charge is 0.435 e. The van der Waals surface area contributed by atoms with E-state index in [2.05, 4.69) is 10.2 Å². The van der Waals surface area contributed by atoms with E-state index in [1.807, 2.05) is 0 Å². The Kier molecular flexibility index (Phi) is 4.67. The summed E-state index contributed by atoms with van der Waals surface area (Å²) >= 11 is 0. The van der Waals surface area contributed by atoms with E-state index in [0.717, 1.165) is 22.5 Å². The van der Waals surface area contributed by atoms with Gasteiger partial charge in [0.1, 0.15) is 6.54 Å². The van der Waals surface area contributed by atoms with E-state index in [1.54, 1.807) is 24.1 Å². The first-order valence-corrected chi connectivity index (χ1v) is 8.96. The first-order chi connectivity index (χ1) is 11.7. The molecule has 136 valence electrons. The summed E-state index contributed by atoms with van der Waals surface area (Å²) in [6, 6.07) is 0.422. The van der Waals surface area contributed by atoms with Gasteiger partial charge < -0.3 is 4.90 Å². The fourth-order valence-corrected chi connectivity index (χ4v) is 4.01. The Hall–Kier alpha value is -2.17. The number of hydrogen-bond donors (Lipinski definition) is 0. The second-order valence-electron chi connectivity index (χ2n) is 5.76. The van der Waals surface area contributed by atoms with Crippen molar-refractivity contribution in [2.45, 2.75) is 18.8 Å². The topological polar surface area (TPSA) is 73.0 Å². The molecule has 2 aromatic heterocycles. The van der Waals surface area contributed by atoms with E-state index in [4.69, 9.17) is 0 Å². The fourth-order valence-electron chi connectivity index (χ4n) is 2.72. The molecule has 3 heterocycles. The molecule has 2 aromatic rings. The van der Waals surface area contributed by atoms with Crippen LogP contribution in [0.2, 0.25) is 0 Å². The second kappa shape index (κ2) is 6.62. The van der Waals surface area contributed by atoms with E-state index in [9.17, 15) is 22.2 Å². The standard InChI is InChI=1S/C14H16F3N5O2S/c1-20-7-10(6-18-20)11-9-25(24)5-4-22(11)13(23)8-21-3-2-12(19-21)14(15,16)17/h2-3,6-7,11H,4-5,8-9H2,1H3. The van der Waals surface area contributed by atoms with Crippen LogP contribution in [0.25, 0.3) is 0 Å². The van der Waals surface area contributed by atoms with Crippen LogP contribution >= 0.6 is 0 Å². The lowest BCUT2D eigenvalue weighted by Gasteiger charge is -2.34. The van der Waals surface area contributed by atoms with Crippen LogP contribution in [-0.4, -0.2) is 52.6 Å². The second-order valence-corrected chi connectivity index (χ2v) is 7.38. The molecule has 0 aromatic carbocycles. The number of nitrogens with zero attached hydrogens (tertiary/aromatic N) is 5. The first-order valence-electron chi connectivity index (χ1n) is 7.47. The minimum atomic E-state index is -4.55. The maximum atomic E-state index is 12.6. The molecule has 0 spiro atoms. The quantitative estimate of drug-likeness (QED) is 0.801. The van der Waals surface area contributed by atoms with Crippen LogP contribution in [0, 0.1) is 0 Å². The van der Waals surface area contributed by atoms with Gasteiger partial charge in [0.05, 0.1) is 12.2 Å². The van der Waals surface area contributed by atoms with Gasteiger partial charge in [0.25, 0.3) is 0 Å². The van der Waals surface area contributed by atoms with Gasteiger partial charge in [-0.1, -0.05) is 0 Å². The molecule has 0 bridgehead atoms. The number of halogens is 3. The average molecular weight is 375 g/mol. The number of hydrogen-bond acceptors (Lipinski definition) is 4. The molecular formula is C14H16F3N5O2S. The summed E-state index contributed by atoms with van der Waals surface area (Å²) in [5.41, 5.74) is -0.288. The summed E-state index contributed by atoms with van der Waals surface area (Å²) in [4.78, 5) is 14.1. The van der Waals surface area contributed by atoms with Crippen molar-refractivity contribution in [3.63, 3.8) is 0 Å². The molecule has 2 atom stereocenters. The summed E-state index contributed by atoms with van der Waals surface area (Å²) in [6.07, 6.45) is -0.0806. The van der Waals surface area contributed by atoms with Gasteiger partial charge in [0.2, 0.25) is 5.91 Å². The van der Waals surface area contributed by atoms with Crippen molar-refractivity contribution in [1.29, 1.82) is 0 Å². The van der Waals surface area contributed by atoms with Gasteiger partial charge in [-0.25, -0.2) is 0 Å². The minimum Gasteiger partial charge on any atom is -0.332 e. The Morgan fingerprint density at radius 3 is 2.80 bits per heavy atom. The zero-order valence-electron chi connectivity index (χ0n) is 13.3. The number of aromatic nitrogens is 4. The maximum absolute atomic E-state index is 12.6. The van der Waals surface area contributed by atoms with Crippen molar-refractivity contribution in [2.75, 3.05) is 18.1 Å². The van der Waals surface area contributed by atoms with Crippen LogP contribution in [0.5, 0.6) is 0 Å². The number of carbonyl (C=O) groups is 1. The fraction of sp³-hybridized carbons (Fsp3) is 0.500. The highest BCUT2D eigenvalue weighted by molar-refractivity contribution is 7.85. The van der Waals surface area contributed by atoms with Gasteiger partial charge in [0.15, 0.2) is 5.69 Å². The van der Waals surface area contributed by atoms with Crippen LogP contribution in [-0.2, 0) is 35.4 Å². The Morgan fingerprint density at radius 1 is 1.44 bits per heavy atom. The van der Waals surface area contributed by atoms with Crippen LogP contribution in [0.3, 0.4) is 0 Å². The maximum Gasteiger partial charge on any atom is 0.435 e. The van der Waals surface area contributed by atoms with Crippen molar-refractivity contribution in [3.05, 3.63) is 35.9 Å². The third-order valence-electron chi connectivity index (χ3n) is 3.94. The first kappa shape index (κ1) is 17.6. The molecule has 2 unspecified atom stereocenters. The Balaban J connectivity index is 1.77. The molecule has 1 saturated heterocycles. The Labute approximate surface area is 143 Å². The van der Waals surface area contributed by atoms with E-state index in [0.29, 0.717) is 5.75 Å². The number of alkyl halides is 3. The molecule has 11 heteroatoms. The highest BCUT2D eigenvalue weighted by Gasteiger charge is 2.35. The summed E-state index contributed by atoms with van der Waals surface area (Å²) in [7, 11) is 0.679. The monoisotopic (exact) mass is 375 g/mol. The molecule has 1 amide bonds. The van der Waals surface area contributed by atoms with Gasteiger partial charge in [-0.3, -0.25) is 18.4 Å². The molecular weight excluding hydrogens is 359 g/mol. The summed E-state index contributed by atoms with van der Waals surface area (Å²) in [6.45, 7) is -0.0299. The van der Waals surface area contributed by atoms with Gasteiger partial charge in [0, 0.05) is 53.9 Å². The van der Waals surface area contributed by atoms with Crippen LogP contribution in [0.4, 0.5) is 13.2 Å². The lowest BCUT2D eigenvalue weighted by atomic mass is 10.1. The molecule has 3 rings (SSSR count). The SMILES string of the molecule is Cn1cc(C2CS(=O)CCN2C(=O)Cn2ccc(C(F)(F)F)n2)cn1. The van der Waals surface area contributed by atoms with Crippen molar-refractivity contribution in [3.8, 4) is 0 Å². The average Bonchev–Trinajstić information content (AvgIpc) is 3.15. The van der Waals surface area contributed by atoms with Crippen molar-refractivity contribution < 1.29 is 22.2 Å². The van der Waals surface area contributed by atoms with Gasteiger partial charge in [-0.05, 0) is 6.07 Å². The summed E-state index contributed by atoms with van der Waals surface area (Å²) in [5.74, 6) is 0.252. The molecule has 1 fully saturated rings. The molecule has 0 saturated carbocycles.